The van der Waals surface area contributed by atoms with Crippen LogP contribution in [0.15, 0.2) is 70.7 Å². The van der Waals surface area contributed by atoms with E-state index in [2.05, 4.69) is 0 Å². The molecule has 0 spiro atoms. The van der Waals surface area contributed by atoms with Crippen LogP contribution in [0.25, 0.3) is 5.76 Å². The largest absolute Gasteiger partial charge is 0.507 e. The molecule has 4 rings (SSSR count). The fourth-order valence-electron chi connectivity index (χ4n) is 3.71. The molecule has 1 atom stereocenters. The van der Waals surface area contributed by atoms with Gasteiger partial charge in [0.15, 0.2) is 0 Å². The lowest BCUT2D eigenvalue weighted by Gasteiger charge is -2.23. The van der Waals surface area contributed by atoms with Crippen molar-refractivity contribution >= 4 is 23.1 Å². The van der Waals surface area contributed by atoms with E-state index in [9.17, 15) is 19.1 Å². The van der Waals surface area contributed by atoms with Crippen molar-refractivity contribution < 1.29 is 28.2 Å². The molecule has 1 aromatic heterocycles. The Morgan fingerprint density at radius 3 is 2.41 bits per heavy atom. The van der Waals surface area contributed by atoms with Crippen LogP contribution in [0.3, 0.4) is 0 Å². The average molecular weight is 435 g/mol. The number of furan rings is 1. The van der Waals surface area contributed by atoms with Crippen LogP contribution in [0, 0.1) is 12.7 Å². The van der Waals surface area contributed by atoms with Crippen LogP contribution in [0.4, 0.5) is 10.1 Å². The molecule has 2 aromatic carbocycles. The number of aliphatic hydroxyl groups excluding tert-OH is 1. The van der Waals surface area contributed by atoms with Crippen molar-refractivity contribution in [3.63, 3.8) is 0 Å². The summed E-state index contributed by atoms with van der Waals surface area (Å²) in [5, 5.41) is 11.1. The SMILES string of the molecule is Cc1ccc(C2/C(=C(/O)c3ccc(OC(C)C)cc3)C(=O)C(=O)N2c2cccc(F)c2)o1. The van der Waals surface area contributed by atoms with Crippen molar-refractivity contribution in [1.82, 2.24) is 0 Å². The number of ketones is 1. The molecule has 0 saturated carbocycles. The average Bonchev–Trinajstić information content (AvgIpc) is 3.29. The minimum atomic E-state index is -1.04. The monoisotopic (exact) mass is 435 g/mol. The van der Waals surface area contributed by atoms with Crippen molar-refractivity contribution in [1.29, 1.82) is 0 Å². The van der Waals surface area contributed by atoms with Gasteiger partial charge in [-0.05, 0) is 75.4 Å². The Labute approximate surface area is 184 Å². The molecule has 0 bridgehead atoms. The lowest BCUT2D eigenvalue weighted by atomic mass is 9.99. The van der Waals surface area contributed by atoms with Gasteiger partial charge in [0.25, 0.3) is 11.7 Å². The number of benzene rings is 2. The van der Waals surface area contributed by atoms with Gasteiger partial charge in [-0.1, -0.05) is 6.07 Å². The second kappa shape index (κ2) is 8.34. The highest BCUT2D eigenvalue weighted by Crippen LogP contribution is 2.42. The number of Topliss-reactive ketones (excluding diaryl/α,β-unsaturated/α-hetero) is 1. The van der Waals surface area contributed by atoms with Crippen LogP contribution in [-0.2, 0) is 9.59 Å². The fourth-order valence-corrected chi connectivity index (χ4v) is 3.71. The van der Waals surface area contributed by atoms with Crippen LogP contribution in [0.2, 0.25) is 0 Å². The third-order valence-corrected chi connectivity index (χ3v) is 5.06. The number of ether oxygens (including phenoxy) is 1. The Balaban J connectivity index is 1.85. The van der Waals surface area contributed by atoms with Gasteiger partial charge in [0.2, 0.25) is 0 Å². The molecular weight excluding hydrogens is 413 g/mol. The Hall–Kier alpha value is -3.87. The fraction of sp³-hybridized carbons (Fsp3) is 0.200. The summed E-state index contributed by atoms with van der Waals surface area (Å²) in [4.78, 5) is 27.1. The zero-order valence-electron chi connectivity index (χ0n) is 17.8. The maximum Gasteiger partial charge on any atom is 0.300 e. The first-order valence-corrected chi connectivity index (χ1v) is 10.2. The normalized spacial score (nSPS) is 17.9. The van der Waals surface area contributed by atoms with Gasteiger partial charge in [-0.25, -0.2) is 4.39 Å². The smallest absolute Gasteiger partial charge is 0.300 e. The van der Waals surface area contributed by atoms with E-state index in [-0.39, 0.29) is 28.9 Å². The van der Waals surface area contributed by atoms with Crippen molar-refractivity contribution in [2.24, 2.45) is 0 Å². The lowest BCUT2D eigenvalue weighted by molar-refractivity contribution is -0.132. The molecule has 1 fully saturated rings. The van der Waals surface area contributed by atoms with Gasteiger partial charge in [0.1, 0.15) is 34.9 Å². The highest BCUT2D eigenvalue weighted by Gasteiger charge is 2.48. The van der Waals surface area contributed by atoms with E-state index in [1.807, 2.05) is 13.8 Å². The number of halogens is 1. The molecule has 2 heterocycles. The third-order valence-electron chi connectivity index (χ3n) is 5.06. The van der Waals surface area contributed by atoms with Crippen molar-refractivity contribution in [2.75, 3.05) is 4.90 Å². The first-order chi connectivity index (χ1) is 15.3. The predicted molar refractivity (Wildman–Crippen MR) is 117 cm³/mol. The number of anilines is 1. The second-order valence-electron chi connectivity index (χ2n) is 7.79. The lowest BCUT2D eigenvalue weighted by Crippen LogP contribution is -2.29. The molecule has 1 amide bonds. The molecule has 3 aromatic rings. The summed E-state index contributed by atoms with van der Waals surface area (Å²) in [6.45, 7) is 5.52. The van der Waals surface area contributed by atoms with Crippen LogP contribution in [-0.4, -0.2) is 22.9 Å². The summed E-state index contributed by atoms with van der Waals surface area (Å²) in [5.41, 5.74) is 0.392. The Morgan fingerprint density at radius 1 is 1.09 bits per heavy atom. The number of carbonyl (C=O) groups is 2. The van der Waals surface area contributed by atoms with Gasteiger partial charge in [-0.15, -0.1) is 0 Å². The standard InChI is InChI=1S/C25H22FNO5/c1-14(2)31-19-10-8-16(9-11-19)23(28)21-22(20-12-7-15(3)32-20)27(25(30)24(21)29)18-6-4-5-17(26)13-18/h4-14,22,28H,1-3H3/b23-21-. The quantitative estimate of drug-likeness (QED) is 0.341. The number of amides is 1. The number of rotatable bonds is 5. The zero-order chi connectivity index (χ0) is 23.0. The third kappa shape index (κ3) is 3.89. The van der Waals surface area contributed by atoms with E-state index in [0.717, 1.165) is 11.0 Å². The molecule has 0 radical (unpaired) electrons. The van der Waals surface area contributed by atoms with Crippen LogP contribution < -0.4 is 9.64 Å². The molecule has 1 aliphatic heterocycles. The summed E-state index contributed by atoms with van der Waals surface area (Å²) in [6.07, 6.45) is -0.0202. The number of carbonyl (C=O) groups excluding carboxylic acids is 2. The van der Waals surface area contributed by atoms with Crippen molar-refractivity contribution in [3.05, 3.63) is 89.1 Å². The first-order valence-electron chi connectivity index (χ1n) is 10.2. The predicted octanol–water partition coefficient (Wildman–Crippen LogP) is 5.14. The number of aliphatic hydroxyl groups is 1. The van der Waals surface area contributed by atoms with Crippen molar-refractivity contribution in [2.45, 2.75) is 32.9 Å². The summed E-state index contributed by atoms with van der Waals surface area (Å²) in [5.74, 6) is -1.21. The summed E-state index contributed by atoms with van der Waals surface area (Å²) < 4.78 is 25.2. The summed E-state index contributed by atoms with van der Waals surface area (Å²) in [7, 11) is 0. The minimum Gasteiger partial charge on any atom is -0.507 e. The van der Waals surface area contributed by atoms with E-state index in [1.165, 1.54) is 18.2 Å². The van der Waals surface area contributed by atoms with E-state index in [0.29, 0.717) is 17.1 Å². The van der Waals surface area contributed by atoms with Crippen LogP contribution >= 0.6 is 0 Å². The molecular formula is C25H22FNO5. The number of nitrogens with zero attached hydrogens (tertiary/aromatic N) is 1. The highest BCUT2D eigenvalue weighted by atomic mass is 19.1. The second-order valence-corrected chi connectivity index (χ2v) is 7.79. The molecule has 7 heteroatoms. The number of hydrogen-bond donors (Lipinski definition) is 1. The topological polar surface area (TPSA) is 80.0 Å². The van der Waals surface area contributed by atoms with Gasteiger partial charge in [-0.3, -0.25) is 14.5 Å². The maximum atomic E-state index is 13.9. The summed E-state index contributed by atoms with van der Waals surface area (Å²) >= 11 is 0. The minimum absolute atomic E-state index is 0.0202. The Bertz CT molecular complexity index is 1210. The van der Waals surface area contributed by atoms with E-state index >= 15 is 0 Å². The van der Waals surface area contributed by atoms with Gasteiger partial charge in [-0.2, -0.15) is 0 Å². The molecule has 32 heavy (non-hydrogen) atoms. The molecule has 1 aliphatic rings. The Morgan fingerprint density at radius 2 is 1.81 bits per heavy atom. The molecule has 0 aliphatic carbocycles. The first kappa shape index (κ1) is 21.4. The molecule has 1 saturated heterocycles. The molecule has 164 valence electrons. The number of hydrogen-bond acceptors (Lipinski definition) is 5. The molecule has 1 unspecified atom stereocenters. The molecule has 6 nitrogen and oxygen atoms in total. The zero-order valence-corrected chi connectivity index (χ0v) is 17.8. The van der Waals surface area contributed by atoms with Gasteiger partial charge in [0, 0.05) is 11.3 Å². The van der Waals surface area contributed by atoms with E-state index < -0.39 is 23.5 Å². The van der Waals surface area contributed by atoms with E-state index in [1.54, 1.807) is 43.3 Å². The van der Waals surface area contributed by atoms with E-state index in [4.69, 9.17) is 9.15 Å². The maximum absolute atomic E-state index is 13.9. The van der Waals surface area contributed by atoms with Gasteiger partial charge < -0.3 is 14.3 Å². The number of aryl methyl sites for hydroxylation is 1. The van der Waals surface area contributed by atoms with Gasteiger partial charge in [0.05, 0.1) is 11.7 Å². The highest BCUT2D eigenvalue weighted by molar-refractivity contribution is 6.51. The van der Waals surface area contributed by atoms with Gasteiger partial charge >= 0.3 is 0 Å². The Kier molecular flexibility index (Phi) is 5.57. The van der Waals surface area contributed by atoms with Crippen molar-refractivity contribution in [3.8, 4) is 5.75 Å². The van der Waals surface area contributed by atoms with Crippen LogP contribution in [0.1, 0.15) is 37.0 Å². The summed E-state index contributed by atoms with van der Waals surface area (Å²) in [6, 6.07) is 14.2. The molecule has 1 N–H and O–H groups in total. The van der Waals surface area contributed by atoms with Crippen LogP contribution in [0.5, 0.6) is 5.75 Å².